The predicted octanol–water partition coefficient (Wildman–Crippen LogP) is 2.02. The van der Waals surface area contributed by atoms with Crippen LogP contribution in [0.4, 0.5) is 0 Å². The van der Waals surface area contributed by atoms with Crippen molar-refractivity contribution in [1.82, 2.24) is 4.90 Å². The molecule has 3 unspecified atom stereocenters. The Bertz CT molecular complexity index is 252. The fraction of sp³-hybridized carbons (Fsp3) is 0.909. The summed E-state index contributed by atoms with van der Waals surface area (Å²) >= 11 is 5.40. The number of thiocarbonyl (C=S) groups is 1. The Kier molecular flexibility index (Phi) is 2.63. The van der Waals surface area contributed by atoms with Crippen LogP contribution in [0.25, 0.3) is 0 Å². The molecule has 1 heterocycles. The van der Waals surface area contributed by atoms with Crippen LogP contribution in [0.2, 0.25) is 5.31 Å². The van der Waals surface area contributed by atoms with Gasteiger partial charge in [-0.1, -0.05) is 37.3 Å². The van der Waals surface area contributed by atoms with Crippen LogP contribution < -0.4 is 0 Å². The van der Waals surface area contributed by atoms with E-state index in [2.05, 4.69) is 26.7 Å². The summed E-state index contributed by atoms with van der Waals surface area (Å²) in [6.07, 6.45) is 6.58. The summed E-state index contributed by atoms with van der Waals surface area (Å²) in [4.78, 5) is 3.56. The van der Waals surface area contributed by atoms with Crippen LogP contribution in [-0.4, -0.2) is 30.8 Å². The van der Waals surface area contributed by atoms with Gasteiger partial charge in [-0.25, -0.2) is 0 Å². The van der Waals surface area contributed by atoms with Gasteiger partial charge in [-0.2, -0.15) is 0 Å². The SMILES string of the molecule is BC1(C)CCCC2C1CCC(=S)N2C. The first-order chi connectivity index (χ1) is 6.52. The summed E-state index contributed by atoms with van der Waals surface area (Å²) in [5, 5.41) is 0.535. The van der Waals surface area contributed by atoms with Gasteiger partial charge < -0.3 is 4.90 Å². The van der Waals surface area contributed by atoms with Crippen molar-refractivity contribution in [3.63, 3.8) is 0 Å². The van der Waals surface area contributed by atoms with Crippen molar-refractivity contribution in [1.29, 1.82) is 0 Å². The van der Waals surface area contributed by atoms with E-state index in [-0.39, 0.29) is 0 Å². The summed E-state index contributed by atoms with van der Waals surface area (Å²) in [5.41, 5.74) is 0. The van der Waals surface area contributed by atoms with Crippen molar-refractivity contribution in [3.8, 4) is 0 Å². The maximum Gasteiger partial charge on any atom is 0.109 e. The minimum atomic E-state index is 0.535. The molecule has 2 rings (SSSR count). The van der Waals surface area contributed by atoms with Gasteiger partial charge in [0.25, 0.3) is 0 Å². The number of fused-ring (bicyclic) bond motifs is 1. The highest BCUT2D eigenvalue weighted by Gasteiger charge is 2.42. The molecule has 2 fully saturated rings. The zero-order chi connectivity index (χ0) is 10.3. The van der Waals surface area contributed by atoms with E-state index >= 15 is 0 Å². The summed E-state index contributed by atoms with van der Waals surface area (Å²) in [7, 11) is 4.63. The Hall–Kier alpha value is -0.0451. The zero-order valence-electron chi connectivity index (χ0n) is 9.55. The minimum absolute atomic E-state index is 0.535. The molecule has 0 aromatic carbocycles. The first-order valence-corrected chi connectivity index (χ1v) is 6.19. The van der Waals surface area contributed by atoms with Crippen LogP contribution in [-0.2, 0) is 0 Å². The summed E-state index contributed by atoms with van der Waals surface area (Å²) < 4.78 is 0. The third-order valence-electron chi connectivity index (χ3n) is 4.35. The lowest BCUT2D eigenvalue weighted by atomic mass is 9.52. The van der Waals surface area contributed by atoms with Gasteiger partial charge in [0.15, 0.2) is 0 Å². The third-order valence-corrected chi connectivity index (χ3v) is 4.84. The molecule has 3 atom stereocenters. The first kappa shape index (κ1) is 10.5. The number of nitrogens with zero attached hydrogens (tertiary/aromatic N) is 1. The van der Waals surface area contributed by atoms with Crippen LogP contribution >= 0.6 is 12.2 Å². The van der Waals surface area contributed by atoms with Gasteiger partial charge in [-0.15, -0.1) is 0 Å². The standard InChI is InChI=1S/C11H20BNS/c1-11(12)7-3-4-9-8(11)5-6-10(14)13(9)2/h8-9H,3-7,12H2,1-2H3. The summed E-state index contributed by atoms with van der Waals surface area (Å²) in [6, 6.07) is 0.736. The van der Waals surface area contributed by atoms with Crippen molar-refractivity contribution >= 4 is 25.1 Å². The molecule has 0 spiro atoms. The molecule has 1 saturated carbocycles. The predicted molar refractivity (Wildman–Crippen MR) is 67.6 cm³/mol. The van der Waals surface area contributed by atoms with Crippen LogP contribution in [0, 0.1) is 5.92 Å². The van der Waals surface area contributed by atoms with E-state index in [1.54, 1.807) is 0 Å². The number of likely N-dealkylation sites (tertiary alicyclic amines) is 1. The topological polar surface area (TPSA) is 3.24 Å². The second-order valence-corrected chi connectivity index (χ2v) is 6.07. The quantitative estimate of drug-likeness (QED) is 0.443. The Balaban J connectivity index is 2.20. The Morgan fingerprint density at radius 2 is 2.21 bits per heavy atom. The molecule has 0 N–H and O–H groups in total. The van der Waals surface area contributed by atoms with Crippen molar-refractivity contribution in [2.45, 2.75) is 50.4 Å². The van der Waals surface area contributed by atoms with E-state index in [9.17, 15) is 0 Å². The minimum Gasteiger partial charge on any atom is -0.366 e. The fourth-order valence-electron chi connectivity index (χ4n) is 3.36. The highest BCUT2D eigenvalue weighted by molar-refractivity contribution is 7.80. The number of piperidine rings is 1. The van der Waals surface area contributed by atoms with Crippen molar-refractivity contribution in [2.24, 2.45) is 5.92 Å². The average molecular weight is 209 g/mol. The highest BCUT2D eigenvalue weighted by atomic mass is 32.1. The molecule has 78 valence electrons. The number of rotatable bonds is 0. The summed E-state index contributed by atoms with van der Waals surface area (Å²) in [5.74, 6) is 0.868. The fourth-order valence-corrected chi connectivity index (χ4v) is 3.61. The lowest BCUT2D eigenvalue weighted by molar-refractivity contribution is 0.124. The number of hydrogen-bond acceptors (Lipinski definition) is 1. The first-order valence-electron chi connectivity index (χ1n) is 5.78. The van der Waals surface area contributed by atoms with Crippen LogP contribution in [0.15, 0.2) is 0 Å². The Morgan fingerprint density at radius 1 is 1.50 bits per heavy atom. The van der Waals surface area contributed by atoms with Gasteiger partial charge in [0, 0.05) is 13.1 Å². The van der Waals surface area contributed by atoms with E-state index in [0.29, 0.717) is 5.31 Å². The molecule has 0 radical (unpaired) electrons. The lowest BCUT2D eigenvalue weighted by Crippen LogP contribution is -2.51. The van der Waals surface area contributed by atoms with E-state index in [1.165, 1.54) is 30.7 Å². The zero-order valence-corrected chi connectivity index (χ0v) is 10.4. The maximum atomic E-state index is 5.40. The molecule has 14 heavy (non-hydrogen) atoms. The van der Waals surface area contributed by atoms with Gasteiger partial charge in [-0.3, -0.25) is 0 Å². The van der Waals surface area contributed by atoms with E-state index < -0.39 is 0 Å². The smallest absolute Gasteiger partial charge is 0.109 e. The van der Waals surface area contributed by atoms with Crippen molar-refractivity contribution in [2.75, 3.05) is 7.05 Å². The molecule has 3 heteroatoms. The molecule has 1 aliphatic heterocycles. The normalized spacial score (nSPS) is 43.6. The van der Waals surface area contributed by atoms with Gasteiger partial charge in [-0.05, 0) is 25.2 Å². The van der Waals surface area contributed by atoms with Crippen LogP contribution in [0.1, 0.15) is 39.0 Å². The van der Waals surface area contributed by atoms with Gasteiger partial charge in [0.1, 0.15) is 7.85 Å². The Morgan fingerprint density at radius 3 is 2.93 bits per heavy atom. The molecule has 1 nitrogen and oxygen atoms in total. The van der Waals surface area contributed by atoms with Gasteiger partial charge in [0.2, 0.25) is 0 Å². The largest absolute Gasteiger partial charge is 0.366 e. The Labute approximate surface area is 93.6 Å². The average Bonchev–Trinajstić information content (AvgIpc) is 2.11. The van der Waals surface area contributed by atoms with E-state index in [0.717, 1.165) is 18.4 Å². The van der Waals surface area contributed by atoms with E-state index in [1.807, 2.05) is 0 Å². The molecule has 0 amide bonds. The molecule has 0 aromatic heterocycles. The maximum absolute atomic E-state index is 5.40. The third kappa shape index (κ3) is 1.60. The lowest BCUT2D eigenvalue weighted by Gasteiger charge is -2.51. The van der Waals surface area contributed by atoms with Crippen LogP contribution in [0.3, 0.4) is 0 Å². The second kappa shape index (κ2) is 3.51. The molecule has 0 aromatic rings. The van der Waals surface area contributed by atoms with Gasteiger partial charge in [0.05, 0.1) is 4.99 Å². The molecular formula is C11H20BNS. The molecule has 1 saturated heterocycles. The number of hydrogen-bond donors (Lipinski definition) is 0. The van der Waals surface area contributed by atoms with Crippen molar-refractivity contribution in [3.05, 3.63) is 0 Å². The van der Waals surface area contributed by atoms with E-state index in [4.69, 9.17) is 12.2 Å². The molecule has 2 aliphatic rings. The molecular weight excluding hydrogens is 189 g/mol. The monoisotopic (exact) mass is 209 g/mol. The summed E-state index contributed by atoms with van der Waals surface area (Å²) in [6.45, 7) is 2.44. The second-order valence-electron chi connectivity index (χ2n) is 5.60. The highest BCUT2D eigenvalue weighted by Crippen LogP contribution is 2.49. The molecule has 0 bridgehead atoms. The van der Waals surface area contributed by atoms with Crippen LogP contribution in [0.5, 0.6) is 0 Å². The molecule has 1 aliphatic carbocycles. The van der Waals surface area contributed by atoms with Crippen molar-refractivity contribution < 1.29 is 0 Å². The van der Waals surface area contributed by atoms with Gasteiger partial charge >= 0.3 is 0 Å².